The molecule has 0 aliphatic heterocycles. The number of rotatable bonds is 36. The quantitative estimate of drug-likeness (QED) is 0.0165. The molecule has 0 bridgehead atoms. The summed E-state index contributed by atoms with van der Waals surface area (Å²) in [6.45, 7) is 3.94. The van der Waals surface area contributed by atoms with Crippen LogP contribution in [-0.2, 0) is 32.7 Å². The molecule has 0 aromatic heterocycles. The zero-order valence-electron chi connectivity index (χ0n) is 34.1. The average Bonchev–Trinajstić information content (AvgIpc) is 3.09. The maximum atomic E-state index is 12.6. The molecule has 0 radical (unpaired) electrons. The monoisotopic (exact) mass is 770 g/mol. The minimum atomic E-state index is -4.67. The van der Waals surface area contributed by atoms with Crippen molar-refractivity contribution >= 4 is 19.8 Å². The van der Waals surface area contributed by atoms with Gasteiger partial charge in [0.1, 0.15) is 19.8 Å². The Morgan fingerprint density at radius 3 is 1.91 bits per heavy atom. The lowest BCUT2D eigenvalue weighted by molar-refractivity contribution is -0.870. The van der Waals surface area contributed by atoms with Crippen LogP contribution in [0.25, 0.3) is 0 Å². The summed E-state index contributed by atoms with van der Waals surface area (Å²) in [5.74, 6) is -1.04. The standard InChI is InChI=1S/C42H76NO9P/c1-6-8-10-12-14-16-18-19-21-22-24-26-28-31-39(44)32-30-34-42(46)52-40(38-51-53(47,48)50-36-35-43(3,4)5)37-49-41(45)33-29-27-25-23-20-17-15-13-11-9-7-2/h14,16,19,21,24,26,28,31,39-40,44H,6-13,15,17-18,20,22-23,25,27,29-30,32-38H2,1-5H3/b16-14-,21-19-,26-24-,31-28+/t39-,40+/m0/s1. The molecule has 308 valence electrons. The number of phosphoric ester groups is 1. The van der Waals surface area contributed by atoms with Gasteiger partial charge in [-0.3, -0.25) is 14.2 Å². The molecule has 1 N–H and O–H groups in total. The summed E-state index contributed by atoms with van der Waals surface area (Å²) in [4.78, 5) is 37.4. The van der Waals surface area contributed by atoms with Crippen molar-refractivity contribution < 1.29 is 47.2 Å². The Hall–Kier alpha value is -2.07. The molecule has 0 heterocycles. The van der Waals surface area contributed by atoms with Gasteiger partial charge in [-0.25, -0.2) is 0 Å². The van der Waals surface area contributed by atoms with E-state index in [1.807, 2.05) is 33.3 Å². The van der Waals surface area contributed by atoms with Crippen molar-refractivity contribution in [3.63, 3.8) is 0 Å². The Labute approximate surface area is 323 Å². The van der Waals surface area contributed by atoms with Gasteiger partial charge >= 0.3 is 11.9 Å². The van der Waals surface area contributed by atoms with Crippen LogP contribution >= 0.6 is 7.82 Å². The third kappa shape index (κ3) is 38.0. The minimum Gasteiger partial charge on any atom is -0.756 e. The molecule has 11 heteroatoms. The molecule has 0 saturated carbocycles. The van der Waals surface area contributed by atoms with Crippen molar-refractivity contribution in [1.29, 1.82) is 0 Å². The minimum absolute atomic E-state index is 0.00317. The topological polar surface area (TPSA) is 131 Å². The van der Waals surface area contributed by atoms with Crippen LogP contribution in [-0.4, -0.2) is 81.2 Å². The van der Waals surface area contributed by atoms with E-state index in [4.69, 9.17) is 18.5 Å². The fourth-order valence-corrected chi connectivity index (χ4v) is 5.90. The summed E-state index contributed by atoms with van der Waals surface area (Å²) in [5.41, 5.74) is 0. The van der Waals surface area contributed by atoms with E-state index in [9.17, 15) is 24.2 Å². The van der Waals surface area contributed by atoms with Crippen LogP contribution in [0.2, 0.25) is 0 Å². The Balaban J connectivity index is 4.63. The van der Waals surface area contributed by atoms with E-state index < -0.39 is 38.6 Å². The van der Waals surface area contributed by atoms with Crippen LogP contribution in [0.5, 0.6) is 0 Å². The number of ether oxygens (including phenoxy) is 2. The maximum Gasteiger partial charge on any atom is 0.306 e. The number of hydrogen-bond acceptors (Lipinski definition) is 9. The van der Waals surface area contributed by atoms with Crippen LogP contribution in [0.15, 0.2) is 48.6 Å². The van der Waals surface area contributed by atoms with Crippen LogP contribution in [0.1, 0.15) is 149 Å². The summed E-state index contributed by atoms with van der Waals surface area (Å²) < 4.78 is 33.6. The molecule has 0 fully saturated rings. The molecule has 10 nitrogen and oxygen atoms in total. The van der Waals surface area contributed by atoms with E-state index in [0.717, 1.165) is 38.5 Å². The first-order chi connectivity index (χ1) is 25.4. The number of likely N-dealkylation sites (N-methyl/N-ethyl adjacent to an activating group) is 1. The fraction of sp³-hybridized carbons (Fsp3) is 0.762. The molecule has 53 heavy (non-hydrogen) atoms. The van der Waals surface area contributed by atoms with Gasteiger partial charge in [0.2, 0.25) is 0 Å². The van der Waals surface area contributed by atoms with Gasteiger partial charge in [0.25, 0.3) is 7.82 Å². The number of nitrogens with zero attached hydrogens (tertiary/aromatic N) is 1. The maximum absolute atomic E-state index is 12.6. The number of quaternary nitrogens is 1. The second-order valence-corrected chi connectivity index (χ2v) is 16.3. The van der Waals surface area contributed by atoms with Crippen molar-refractivity contribution in [1.82, 2.24) is 0 Å². The predicted octanol–water partition coefficient (Wildman–Crippen LogP) is 9.47. The Morgan fingerprint density at radius 2 is 1.26 bits per heavy atom. The summed E-state index contributed by atoms with van der Waals surface area (Å²) >= 11 is 0. The number of unbranched alkanes of at least 4 members (excludes halogenated alkanes) is 13. The molecule has 0 aromatic carbocycles. The first kappa shape index (κ1) is 50.9. The van der Waals surface area contributed by atoms with E-state index in [1.165, 1.54) is 64.2 Å². The van der Waals surface area contributed by atoms with E-state index >= 15 is 0 Å². The second-order valence-electron chi connectivity index (χ2n) is 14.9. The number of hydrogen-bond donors (Lipinski definition) is 1. The van der Waals surface area contributed by atoms with Gasteiger partial charge in [-0.15, -0.1) is 0 Å². The molecular weight excluding hydrogens is 693 g/mol. The smallest absolute Gasteiger partial charge is 0.306 e. The van der Waals surface area contributed by atoms with Gasteiger partial charge in [-0.2, -0.15) is 0 Å². The number of aliphatic hydroxyl groups is 1. The fourth-order valence-electron chi connectivity index (χ4n) is 5.17. The average molecular weight is 770 g/mol. The number of phosphoric acid groups is 1. The van der Waals surface area contributed by atoms with Crippen molar-refractivity contribution in [2.75, 3.05) is 47.5 Å². The number of carbonyl (C=O) groups is 2. The first-order valence-electron chi connectivity index (χ1n) is 20.5. The van der Waals surface area contributed by atoms with Gasteiger partial charge in [0, 0.05) is 12.8 Å². The van der Waals surface area contributed by atoms with E-state index in [1.54, 1.807) is 12.2 Å². The van der Waals surface area contributed by atoms with Crippen LogP contribution < -0.4 is 4.89 Å². The summed E-state index contributed by atoms with van der Waals surface area (Å²) in [6.07, 6.45) is 34.6. The molecule has 0 rings (SSSR count). The van der Waals surface area contributed by atoms with Gasteiger partial charge in [-0.1, -0.05) is 140 Å². The Kier molecular flexibility index (Phi) is 33.1. The highest BCUT2D eigenvalue weighted by Crippen LogP contribution is 2.38. The summed E-state index contributed by atoms with van der Waals surface area (Å²) in [6, 6.07) is 0. The Bertz CT molecular complexity index is 1070. The second kappa shape index (κ2) is 34.4. The van der Waals surface area contributed by atoms with E-state index in [0.29, 0.717) is 30.3 Å². The first-order valence-corrected chi connectivity index (χ1v) is 21.9. The van der Waals surface area contributed by atoms with Crippen LogP contribution in [0, 0.1) is 0 Å². The van der Waals surface area contributed by atoms with Crippen molar-refractivity contribution in [3.8, 4) is 0 Å². The highest BCUT2D eigenvalue weighted by Gasteiger charge is 2.22. The Morgan fingerprint density at radius 1 is 0.698 bits per heavy atom. The largest absolute Gasteiger partial charge is 0.756 e. The van der Waals surface area contributed by atoms with E-state index in [-0.39, 0.29) is 26.1 Å². The molecule has 1 unspecified atom stereocenters. The number of allylic oxidation sites excluding steroid dienone is 7. The van der Waals surface area contributed by atoms with Gasteiger partial charge in [0.15, 0.2) is 6.10 Å². The molecule has 0 amide bonds. The SMILES string of the molecule is CCCCC/C=C\C/C=C\C/C=C\C=C\[C@H](O)CCCC(=O)O[C@H](COC(=O)CCCCCCCCCCCCC)COP(=O)([O-])OCC[N+](C)(C)C. The number of aliphatic hydroxyl groups excluding tert-OH is 1. The van der Waals surface area contributed by atoms with Crippen molar-refractivity contribution in [2.45, 2.75) is 161 Å². The van der Waals surface area contributed by atoms with Crippen molar-refractivity contribution in [3.05, 3.63) is 48.6 Å². The zero-order valence-corrected chi connectivity index (χ0v) is 35.0. The predicted molar refractivity (Wildman–Crippen MR) is 214 cm³/mol. The highest BCUT2D eigenvalue weighted by molar-refractivity contribution is 7.45. The van der Waals surface area contributed by atoms with E-state index in [2.05, 4.69) is 38.2 Å². The zero-order chi connectivity index (χ0) is 39.5. The third-order valence-corrected chi connectivity index (χ3v) is 9.42. The molecule has 3 atom stereocenters. The van der Waals surface area contributed by atoms with Crippen LogP contribution in [0.3, 0.4) is 0 Å². The van der Waals surface area contributed by atoms with Crippen LogP contribution in [0.4, 0.5) is 0 Å². The molecule has 0 saturated heterocycles. The lowest BCUT2D eigenvalue weighted by Crippen LogP contribution is -2.37. The highest BCUT2D eigenvalue weighted by atomic mass is 31.2. The van der Waals surface area contributed by atoms with Crippen molar-refractivity contribution in [2.24, 2.45) is 0 Å². The molecule has 0 aliphatic rings. The summed E-state index contributed by atoms with van der Waals surface area (Å²) in [7, 11) is 1.04. The number of esters is 2. The summed E-state index contributed by atoms with van der Waals surface area (Å²) in [5, 5.41) is 10.3. The molecule has 0 aliphatic carbocycles. The van der Waals surface area contributed by atoms with Gasteiger partial charge in [0.05, 0.1) is 33.9 Å². The number of carbonyl (C=O) groups excluding carboxylic acids is 2. The lowest BCUT2D eigenvalue weighted by atomic mass is 10.1. The normalized spacial score (nSPS) is 14.8. The third-order valence-electron chi connectivity index (χ3n) is 8.46. The molecule has 0 aromatic rings. The molecular formula is C42H76NO9P. The molecule has 0 spiro atoms. The van der Waals surface area contributed by atoms with Gasteiger partial charge < -0.3 is 33.0 Å². The van der Waals surface area contributed by atoms with Gasteiger partial charge in [-0.05, 0) is 44.9 Å². The lowest BCUT2D eigenvalue weighted by Gasteiger charge is -2.28.